The van der Waals surface area contributed by atoms with Gasteiger partial charge in [0, 0.05) is 30.6 Å². The van der Waals surface area contributed by atoms with E-state index in [1.807, 2.05) is 17.5 Å². The molecule has 0 aliphatic heterocycles. The Bertz CT molecular complexity index is 362. The van der Waals surface area contributed by atoms with Crippen LogP contribution >= 0.6 is 11.3 Å². The molecule has 2 saturated carbocycles. The summed E-state index contributed by atoms with van der Waals surface area (Å²) in [5.41, 5.74) is 0.510. The Kier molecular flexibility index (Phi) is 2.99. The molecule has 0 aromatic carbocycles. The molecule has 3 heteroatoms. The molecular weight excluding hydrogens is 228 g/mol. The molecule has 2 atom stereocenters. The fourth-order valence-corrected chi connectivity index (χ4v) is 4.23. The molecule has 2 unspecified atom stereocenters. The van der Waals surface area contributed by atoms with Gasteiger partial charge in [0.2, 0.25) is 0 Å². The maximum atomic E-state index is 4.48. The molecule has 0 saturated heterocycles. The molecule has 0 spiro atoms. The predicted molar refractivity (Wildman–Crippen MR) is 72.2 cm³/mol. The number of thiazole rings is 1. The lowest BCUT2D eigenvalue weighted by Gasteiger charge is -2.31. The molecular formula is C14H22N2S. The van der Waals surface area contributed by atoms with Crippen LogP contribution in [0.5, 0.6) is 0 Å². The van der Waals surface area contributed by atoms with Crippen LogP contribution in [0.3, 0.4) is 0 Å². The summed E-state index contributed by atoms with van der Waals surface area (Å²) in [4.78, 5) is 4.48. The highest BCUT2D eigenvalue weighted by Crippen LogP contribution is 2.60. The van der Waals surface area contributed by atoms with Gasteiger partial charge in [-0.05, 0) is 36.5 Å². The Labute approximate surface area is 108 Å². The molecule has 1 aromatic heterocycles. The van der Waals surface area contributed by atoms with Gasteiger partial charge < -0.3 is 5.32 Å². The molecule has 2 aliphatic carbocycles. The van der Waals surface area contributed by atoms with Crippen LogP contribution in [-0.4, -0.2) is 17.6 Å². The van der Waals surface area contributed by atoms with Crippen molar-refractivity contribution in [2.24, 2.45) is 17.3 Å². The van der Waals surface area contributed by atoms with Crippen LogP contribution in [0.2, 0.25) is 0 Å². The molecule has 3 rings (SSSR count). The third-order valence-electron chi connectivity index (χ3n) is 4.35. The number of hydrogen-bond donors (Lipinski definition) is 1. The number of rotatable bonds is 5. The first-order chi connectivity index (χ1) is 8.17. The molecule has 0 bridgehead atoms. The first-order valence-electron chi connectivity index (χ1n) is 6.79. The minimum atomic E-state index is 0.510. The van der Waals surface area contributed by atoms with Crippen LogP contribution < -0.4 is 5.32 Å². The van der Waals surface area contributed by atoms with Crippen LogP contribution in [-0.2, 0) is 6.42 Å². The topological polar surface area (TPSA) is 24.9 Å². The van der Waals surface area contributed by atoms with Crippen molar-refractivity contribution in [3.05, 3.63) is 16.6 Å². The van der Waals surface area contributed by atoms with Gasteiger partial charge in [-0.2, -0.15) is 0 Å². The van der Waals surface area contributed by atoms with E-state index in [1.54, 1.807) is 0 Å². The Morgan fingerprint density at radius 2 is 2.24 bits per heavy atom. The van der Waals surface area contributed by atoms with Crippen LogP contribution in [0.4, 0.5) is 0 Å². The van der Waals surface area contributed by atoms with E-state index in [2.05, 4.69) is 29.5 Å². The fourth-order valence-electron chi connectivity index (χ4n) is 3.44. The third kappa shape index (κ3) is 2.55. The molecule has 17 heavy (non-hydrogen) atoms. The molecule has 94 valence electrons. The molecule has 1 N–H and O–H groups in total. The molecule has 2 fully saturated rings. The lowest BCUT2D eigenvalue weighted by molar-refractivity contribution is 0.241. The van der Waals surface area contributed by atoms with E-state index in [4.69, 9.17) is 0 Å². The van der Waals surface area contributed by atoms with Crippen molar-refractivity contribution in [2.75, 3.05) is 6.54 Å². The van der Waals surface area contributed by atoms with Gasteiger partial charge in [0.1, 0.15) is 0 Å². The zero-order valence-corrected chi connectivity index (χ0v) is 11.6. The minimum Gasteiger partial charge on any atom is -0.314 e. The van der Waals surface area contributed by atoms with E-state index < -0.39 is 0 Å². The van der Waals surface area contributed by atoms with Gasteiger partial charge in [0.05, 0.1) is 5.01 Å². The smallest absolute Gasteiger partial charge is 0.0930 e. The van der Waals surface area contributed by atoms with Gasteiger partial charge in [-0.25, -0.2) is 4.98 Å². The number of hydrogen-bond acceptors (Lipinski definition) is 3. The molecule has 0 amide bonds. The maximum absolute atomic E-state index is 4.48. The number of nitrogens with zero attached hydrogens (tertiary/aromatic N) is 1. The van der Waals surface area contributed by atoms with E-state index >= 15 is 0 Å². The molecule has 2 aliphatic rings. The summed E-state index contributed by atoms with van der Waals surface area (Å²) in [7, 11) is 0. The van der Waals surface area contributed by atoms with E-state index in [1.165, 1.54) is 37.2 Å². The normalized spacial score (nSPS) is 35.2. The van der Waals surface area contributed by atoms with Gasteiger partial charge in [-0.3, -0.25) is 0 Å². The Morgan fingerprint density at radius 1 is 1.47 bits per heavy atom. The van der Waals surface area contributed by atoms with Gasteiger partial charge in [0.15, 0.2) is 0 Å². The highest BCUT2D eigenvalue weighted by atomic mass is 32.1. The zero-order valence-electron chi connectivity index (χ0n) is 10.8. The Morgan fingerprint density at radius 3 is 2.82 bits per heavy atom. The number of aromatic nitrogens is 1. The second-order valence-corrected chi connectivity index (χ2v) is 7.28. The second kappa shape index (κ2) is 4.36. The quantitative estimate of drug-likeness (QED) is 0.868. The summed E-state index contributed by atoms with van der Waals surface area (Å²) in [5, 5.41) is 7.09. The van der Waals surface area contributed by atoms with Gasteiger partial charge in [0.25, 0.3) is 0 Å². The van der Waals surface area contributed by atoms with Crippen LogP contribution in [0.25, 0.3) is 0 Å². The van der Waals surface area contributed by atoms with Crippen molar-refractivity contribution < 1.29 is 0 Å². The Hall–Kier alpha value is -0.410. The highest BCUT2D eigenvalue weighted by Gasteiger charge is 2.53. The second-order valence-electron chi connectivity index (χ2n) is 6.30. The highest BCUT2D eigenvalue weighted by molar-refractivity contribution is 7.09. The first-order valence-corrected chi connectivity index (χ1v) is 7.67. The standard InChI is InChI=1S/C14H22N2S/c1-10(2)16-9-14(6-11-5-12(11)7-14)8-13-15-3-4-17-13/h3-4,10-12,16H,5-9H2,1-2H3. The third-order valence-corrected chi connectivity index (χ3v) is 5.13. The number of fused-ring (bicyclic) bond motifs is 1. The van der Waals surface area contributed by atoms with Crippen LogP contribution in [0.1, 0.15) is 38.1 Å². The average Bonchev–Trinajstić information content (AvgIpc) is 2.73. The largest absolute Gasteiger partial charge is 0.314 e. The van der Waals surface area contributed by atoms with Crippen molar-refractivity contribution in [2.45, 2.75) is 45.6 Å². The van der Waals surface area contributed by atoms with E-state index in [0.717, 1.165) is 11.8 Å². The SMILES string of the molecule is CC(C)NCC1(Cc2nccs2)CC2CC2C1. The van der Waals surface area contributed by atoms with Crippen molar-refractivity contribution >= 4 is 11.3 Å². The van der Waals surface area contributed by atoms with Gasteiger partial charge >= 0.3 is 0 Å². The van der Waals surface area contributed by atoms with E-state index in [-0.39, 0.29) is 0 Å². The summed E-state index contributed by atoms with van der Waals surface area (Å²) in [6, 6.07) is 0.597. The molecule has 1 heterocycles. The average molecular weight is 250 g/mol. The zero-order chi connectivity index (χ0) is 11.9. The van der Waals surface area contributed by atoms with Crippen molar-refractivity contribution in [3.8, 4) is 0 Å². The van der Waals surface area contributed by atoms with E-state index in [9.17, 15) is 0 Å². The monoisotopic (exact) mass is 250 g/mol. The molecule has 0 radical (unpaired) electrons. The lowest BCUT2D eigenvalue weighted by atomic mass is 9.79. The van der Waals surface area contributed by atoms with Crippen molar-refractivity contribution in [3.63, 3.8) is 0 Å². The first kappa shape index (κ1) is 11.7. The van der Waals surface area contributed by atoms with E-state index in [0.29, 0.717) is 11.5 Å². The fraction of sp³-hybridized carbons (Fsp3) is 0.786. The predicted octanol–water partition coefficient (Wildman–Crippen LogP) is 3.10. The molecule has 1 aromatic rings. The summed E-state index contributed by atoms with van der Waals surface area (Å²) in [6.45, 7) is 5.66. The van der Waals surface area contributed by atoms with Gasteiger partial charge in [-0.15, -0.1) is 11.3 Å². The van der Waals surface area contributed by atoms with Crippen LogP contribution in [0, 0.1) is 17.3 Å². The summed E-state index contributed by atoms with van der Waals surface area (Å²) in [6.07, 6.45) is 7.49. The minimum absolute atomic E-state index is 0.510. The van der Waals surface area contributed by atoms with Crippen LogP contribution in [0.15, 0.2) is 11.6 Å². The maximum Gasteiger partial charge on any atom is 0.0930 e. The van der Waals surface area contributed by atoms with Crippen molar-refractivity contribution in [1.29, 1.82) is 0 Å². The number of nitrogens with one attached hydrogen (secondary N) is 1. The Balaban J connectivity index is 1.68. The van der Waals surface area contributed by atoms with Gasteiger partial charge in [-0.1, -0.05) is 13.8 Å². The summed E-state index contributed by atoms with van der Waals surface area (Å²) in [5.74, 6) is 2.09. The summed E-state index contributed by atoms with van der Waals surface area (Å²) >= 11 is 1.82. The molecule has 2 nitrogen and oxygen atoms in total. The summed E-state index contributed by atoms with van der Waals surface area (Å²) < 4.78 is 0. The van der Waals surface area contributed by atoms with Crippen molar-refractivity contribution in [1.82, 2.24) is 10.3 Å². The lowest BCUT2D eigenvalue weighted by Crippen LogP contribution is -2.38.